The van der Waals surface area contributed by atoms with Crippen LogP contribution in [-0.2, 0) is 0 Å². The van der Waals surface area contributed by atoms with Crippen molar-refractivity contribution in [3.8, 4) is 0 Å². The monoisotopic (exact) mass is 255 g/mol. The Morgan fingerprint density at radius 1 is 0.722 bits per heavy atom. The summed E-state index contributed by atoms with van der Waals surface area (Å²) in [5.74, 6) is -4.48. The van der Waals surface area contributed by atoms with Crippen LogP contribution in [0.1, 0.15) is 17.2 Å². The van der Waals surface area contributed by atoms with Gasteiger partial charge >= 0.3 is 0 Å². The van der Waals surface area contributed by atoms with Gasteiger partial charge in [0.05, 0.1) is 6.04 Å². The standard InChI is InChI=1S/C13H9F4N/c14-9-5-1-3-7(11(9)16)13(18)8-4-2-6-10(15)12(8)17/h1-6,13H,18H2. The van der Waals surface area contributed by atoms with Gasteiger partial charge in [-0.1, -0.05) is 24.3 Å². The largest absolute Gasteiger partial charge is 0.320 e. The summed E-state index contributed by atoms with van der Waals surface area (Å²) in [6.07, 6.45) is 0. The molecule has 1 nitrogen and oxygen atoms in total. The number of benzene rings is 2. The molecule has 0 aliphatic rings. The highest BCUT2D eigenvalue weighted by atomic mass is 19.2. The van der Waals surface area contributed by atoms with Crippen LogP contribution in [0.5, 0.6) is 0 Å². The minimum Gasteiger partial charge on any atom is -0.320 e. The second-order valence-corrected chi connectivity index (χ2v) is 3.76. The van der Waals surface area contributed by atoms with E-state index in [2.05, 4.69) is 0 Å². The Morgan fingerprint density at radius 3 is 1.50 bits per heavy atom. The fourth-order valence-corrected chi connectivity index (χ4v) is 1.69. The minimum absolute atomic E-state index is 0.223. The Morgan fingerprint density at radius 2 is 1.11 bits per heavy atom. The van der Waals surface area contributed by atoms with Gasteiger partial charge in [-0.05, 0) is 12.1 Å². The molecule has 0 bridgehead atoms. The van der Waals surface area contributed by atoms with Crippen LogP contribution in [0.2, 0.25) is 0 Å². The van der Waals surface area contributed by atoms with Crippen LogP contribution in [0.4, 0.5) is 17.6 Å². The van der Waals surface area contributed by atoms with Crippen LogP contribution in [-0.4, -0.2) is 0 Å². The Labute approximate surface area is 101 Å². The first-order chi connectivity index (χ1) is 8.52. The van der Waals surface area contributed by atoms with Gasteiger partial charge in [-0.25, -0.2) is 17.6 Å². The van der Waals surface area contributed by atoms with Crippen molar-refractivity contribution < 1.29 is 17.6 Å². The number of halogens is 4. The number of hydrogen-bond acceptors (Lipinski definition) is 1. The van der Waals surface area contributed by atoms with E-state index in [0.29, 0.717) is 0 Å². The molecule has 0 spiro atoms. The fraction of sp³-hybridized carbons (Fsp3) is 0.0769. The van der Waals surface area contributed by atoms with Crippen LogP contribution in [0.15, 0.2) is 36.4 Å². The lowest BCUT2D eigenvalue weighted by Gasteiger charge is -2.14. The predicted octanol–water partition coefficient (Wildman–Crippen LogP) is 3.29. The summed E-state index contributed by atoms with van der Waals surface area (Å²) < 4.78 is 53.1. The van der Waals surface area contributed by atoms with Gasteiger partial charge in [0, 0.05) is 11.1 Å². The number of nitrogens with two attached hydrogens (primary N) is 1. The van der Waals surface area contributed by atoms with Crippen molar-refractivity contribution in [2.45, 2.75) is 6.04 Å². The summed E-state index contributed by atoms with van der Waals surface area (Å²) in [5, 5.41) is 0. The summed E-state index contributed by atoms with van der Waals surface area (Å²) in [6.45, 7) is 0. The number of hydrogen-bond donors (Lipinski definition) is 1. The Bertz CT molecular complexity index is 532. The van der Waals surface area contributed by atoms with Crippen LogP contribution < -0.4 is 5.73 Å². The molecule has 0 unspecified atom stereocenters. The molecule has 2 N–H and O–H groups in total. The van der Waals surface area contributed by atoms with E-state index in [9.17, 15) is 17.6 Å². The smallest absolute Gasteiger partial charge is 0.163 e. The fourth-order valence-electron chi connectivity index (χ4n) is 1.69. The lowest BCUT2D eigenvalue weighted by Crippen LogP contribution is -2.16. The van der Waals surface area contributed by atoms with Gasteiger partial charge in [0.25, 0.3) is 0 Å². The van der Waals surface area contributed by atoms with Crippen LogP contribution >= 0.6 is 0 Å². The average Bonchev–Trinajstić information content (AvgIpc) is 2.35. The van der Waals surface area contributed by atoms with E-state index in [1.807, 2.05) is 0 Å². The van der Waals surface area contributed by atoms with Crippen LogP contribution in [0, 0.1) is 23.3 Å². The molecule has 0 aliphatic carbocycles. The van der Waals surface area contributed by atoms with Gasteiger partial charge < -0.3 is 5.73 Å². The lowest BCUT2D eigenvalue weighted by molar-refractivity contribution is 0.480. The van der Waals surface area contributed by atoms with E-state index in [1.165, 1.54) is 24.3 Å². The topological polar surface area (TPSA) is 26.0 Å². The van der Waals surface area contributed by atoms with Crippen molar-refractivity contribution in [3.63, 3.8) is 0 Å². The van der Waals surface area contributed by atoms with E-state index >= 15 is 0 Å². The molecular weight excluding hydrogens is 246 g/mol. The molecule has 0 radical (unpaired) electrons. The van der Waals surface area contributed by atoms with Gasteiger partial charge in [-0.2, -0.15) is 0 Å². The van der Waals surface area contributed by atoms with E-state index in [0.717, 1.165) is 12.1 Å². The maximum absolute atomic E-state index is 13.5. The first-order valence-electron chi connectivity index (χ1n) is 5.15. The average molecular weight is 255 g/mol. The molecule has 94 valence electrons. The Hall–Kier alpha value is -1.88. The van der Waals surface area contributed by atoms with Crippen LogP contribution in [0.3, 0.4) is 0 Å². The molecule has 0 fully saturated rings. The minimum atomic E-state index is -1.27. The van der Waals surface area contributed by atoms with Crippen LogP contribution in [0.25, 0.3) is 0 Å². The highest BCUT2D eigenvalue weighted by molar-refractivity contribution is 5.33. The van der Waals surface area contributed by atoms with Crippen molar-refractivity contribution in [3.05, 3.63) is 70.8 Å². The third-order valence-corrected chi connectivity index (χ3v) is 2.63. The summed E-state index contributed by atoms with van der Waals surface area (Å²) in [4.78, 5) is 0. The second kappa shape index (κ2) is 4.78. The Kier molecular flexibility index (Phi) is 3.34. The maximum atomic E-state index is 13.5. The molecule has 0 aromatic heterocycles. The van der Waals surface area contributed by atoms with E-state index in [-0.39, 0.29) is 11.1 Å². The van der Waals surface area contributed by atoms with Gasteiger partial charge in [0.2, 0.25) is 0 Å². The molecular formula is C13H9F4N. The predicted molar refractivity (Wildman–Crippen MR) is 58.7 cm³/mol. The lowest BCUT2D eigenvalue weighted by atomic mass is 9.98. The van der Waals surface area contributed by atoms with E-state index in [1.54, 1.807) is 0 Å². The highest BCUT2D eigenvalue weighted by Gasteiger charge is 2.20. The second-order valence-electron chi connectivity index (χ2n) is 3.76. The zero-order valence-corrected chi connectivity index (χ0v) is 9.13. The molecule has 0 amide bonds. The van der Waals surface area contributed by atoms with Gasteiger partial charge in [-0.3, -0.25) is 0 Å². The normalized spacial score (nSPS) is 11.0. The summed E-state index contributed by atoms with van der Waals surface area (Å²) in [5.41, 5.74) is 5.20. The summed E-state index contributed by atoms with van der Waals surface area (Å²) in [6, 6.07) is 5.55. The molecule has 2 aromatic rings. The first-order valence-corrected chi connectivity index (χ1v) is 5.15. The SMILES string of the molecule is NC(c1cccc(F)c1F)c1cccc(F)c1F. The maximum Gasteiger partial charge on any atom is 0.163 e. The van der Waals surface area contributed by atoms with E-state index < -0.39 is 29.3 Å². The molecule has 2 aromatic carbocycles. The molecule has 0 saturated carbocycles. The molecule has 2 rings (SSSR count). The van der Waals surface area contributed by atoms with Crippen molar-refractivity contribution in [1.29, 1.82) is 0 Å². The van der Waals surface area contributed by atoms with Crippen molar-refractivity contribution >= 4 is 0 Å². The number of rotatable bonds is 2. The highest BCUT2D eigenvalue weighted by Crippen LogP contribution is 2.26. The first kappa shape index (κ1) is 12.6. The molecule has 0 aliphatic heterocycles. The summed E-state index contributed by atoms with van der Waals surface area (Å²) >= 11 is 0. The summed E-state index contributed by atoms with van der Waals surface area (Å²) in [7, 11) is 0. The third-order valence-electron chi connectivity index (χ3n) is 2.63. The molecule has 0 heterocycles. The van der Waals surface area contributed by atoms with Crippen molar-refractivity contribution in [2.24, 2.45) is 5.73 Å². The van der Waals surface area contributed by atoms with Gasteiger partial charge in [0.15, 0.2) is 23.3 Å². The molecule has 5 heteroatoms. The zero-order chi connectivity index (χ0) is 13.3. The van der Waals surface area contributed by atoms with Crippen molar-refractivity contribution in [2.75, 3.05) is 0 Å². The van der Waals surface area contributed by atoms with Gasteiger partial charge in [-0.15, -0.1) is 0 Å². The molecule has 0 atom stereocenters. The zero-order valence-electron chi connectivity index (χ0n) is 9.13. The van der Waals surface area contributed by atoms with E-state index in [4.69, 9.17) is 5.73 Å². The molecule has 0 saturated heterocycles. The van der Waals surface area contributed by atoms with Gasteiger partial charge in [0.1, 0.15) is 0 Å². The molecule has 18 heavy (non-hydrogen) atoms. The Balaban J connectivity index is 2.51. The third kappa shape index (κ3) is 2.09. The van der Waals surface area contributed by atoms with Crippen molar-refractivity contribution in [1.82, 2.24) is 0 Å². The quantitative estimate of drug-likeness (QED) is 0.819.